The summed E-state index contributed by atoms with van der Waals surface area (Å²) < 4.78 is 29.8. The molecular formula is C25H20FN3O4. The molecule has 2 heterocycles. The summed E-state index contributed by atoms with van der Waals surface area (Å²) in [5, 5.41) is 6.36. The molecule has 7 nitrogen and oxygen atoms in total. The van der Waals surface area contributed by atoms with Crippen LogP contribution in [0.2, 0.25) is 0 Å². The first-order chi connectivity index (χ1) is 16.1. The van der Waals surface area contributed by atoms with Crippen LogP contribution < -0.4 is 24.8 Å². The average molecular weight is 445 g/mol. The Morgan fingerprint density at radius 1 is 0.970 bits per heavy atom. The van der Waals surface area contributed by atoms with E-state index in [9.17, 15) is 9.18 Å². The van der Waals surface area contributed by atoms with Crippen molar-refractivity contribution in [2.75, 3.05) is 24.0 Å². The van der Waals surface area contributed by atoms with E-state index >= 15 is 0 Å². The molecule has 0 atom stereocenters. The summed E-state index contributed by atoms with van der Waals surface area (Å²) in [5.74, 6) is 1.55. The Hall–Kier alpha value is -4.33. The smallest absolute Gasteiger partial charge is 0.323 e. The third kappa shape index (κ3) is 4.36. The molecule has 0 saturated carbocycles. The Labute approximate surface area is 189 Å². The van der Waals surface area contributed by atoms with Crippen molar-refractivity contribution in [3.05, 3.63) is 72.5 Å². The Morgan fingerprint density at radius 3 is 2.48 bits per heavy atom. The topological polar surface area (TPSA) is 81.7 Å². The molecule has 5 rings (SSSR count). The molecule has 0 unspecified atom stereocenters. The summed E-state index contributed by atoms with van der Waals surface area (Å²) in [5.41, 5.74) is 3.31. The number of ether oxygens (including phenoxy) is 3. The first-order valence-electron chi connectivity index (χ1n) is 10.4. The SMILES string of the molecule is CCOc1cc(-c2ccc(F)cc2)nc2ccc(NC(=O)Nc3ccc4c(c3)OCO4)cc12. The predicted octanol–water partition coefficient (Wildman–Crippen LogP) is 5.81. The fourth-order valence-electron chi connectivity index (χ4n) is 3.58. The molecule has 1 aliphatic heterocycles. The van der Waals surface area contributed by atoms with Crippen LogP contribution in [0, 0.1) is 5.82 Å². The van der Waals surface area contributed by atoms with Crippen LogP contribution in [0.5, 0.6) is 17.2 Å². The highest BCUT2D eigenvalue weighted by molar-refractivity contribution is 6.01. The number of carbonyl (C=O) groups excluding carboxylic acids is 1. The number of halogens is 1. The van der Waals surface area contributed by atoms with Gasteiger partial charge in [0.1, 0.15) is 11.6 Å². The van der Waals surface area contributed by atoms with Crippen LogP contribution >= 0.6 is 0 Å². The van der Waals surface area contributed by atoms with Crippen molar-refractivity contribution >= 4 is 28.3 Å². The second kappa shape index (κ2) is 8.66. The maximum absolute atomic E-state index is 13.3. The van der Waals surface area contributed by atoms with E-state index in [2.05, 4.69) is 15.6 Å². The summed E-state index contributed by atoms with van der Waals surface area (Å²) in [6, 6.07) is 18.1. The largest absolute Gasteiger partial charge is 0.493 e. The van der Waals surface area contributed by atoms with Gasteiger partial charge in [0.2, 0.25) is 6.79 Å². The van der Waals surface area contributed by atoms with Gasteiger partial charge in [0.05, 0.1) is 17.8 Å². The second-order valence-corrected chi connectivity index (χ2v) is 7.32. The first-order valence-corrected chi connectivity index (χ1v) is 10.4. The van der Waals surface area contributed by atoms with Gasteiger partial charge in [-0.15, -0.1) is 0 Å². The normalized spacial score (nSPS) is 11.9. The fourth-order valence-corrected chi connectivity index (χ4v) is 3.58. The highest BCUT2D eigenvalue weighted by atomic mass is 19.1. The van der Waals surface area contributed by atoms with Gasteiger partial charge in [0, 0.05) is 34.5 Å². The first kappa shape index (κ1) is 20.6. The lowest BCUT2D eigenvalue weighted by atomic mass is 10.1. The second-order valence-electron chi connectivity index (χ2n) is 7.32. The van der Waals surface area contributed by atoms with Gasteiger partial charge < -0.3 is 24.8 Å². The lowest BCUT2D eigenvalue weighted by Crippen LogP contribution is -2.19. The van der Waals surface area contributed by atoms with Gasteiger partial charge in [-0.2, -0.15) is 0 Å². The van der Waals surface area contributed by atoms with Crippen LogP contribution in [0.3, 0.4) is 0 Å². The van der Waals surface area contributed by atoms with Crippen molar-refractivity contribution in [1.82, 2.24) is 4.98 Å². The van der Waals surface area contributed by atoms with E-state index in [4.69, 9.17) is 14.2 Å². The molecule has 0 saturated heterocycles. The zero-order valence-electron chi connectivity index (χ0n) is 17.7. The molecule has 4 aromatic rings. The minimum absolute atomic E-state index is 0.168. The van der Waals surface area contributed by atoms with Crippen molar-refractivity contribution in [2.24, 2.45) is 0 Å². The van der Waals surface area contributed by atoms with E-state index in [-0.39, 0.29) is 12.6 Å². The molecule has 1 aliphatic rings. The van der Waals surface area contributed by atoms with Gasteiger partial charge in [-0.25, -0.2) is 14.2 Å². The molecule has 8 heteroatoms. The van der Waals surface area contributed by atoms with Gasteiger partial charge in [-0.3, -0.25) is 0 Å². The predicted molar refractivity (Wildman–Crippen MR) is 124 cm³/mol. The molecule has 0 aliphatic carbocycles. The Morgan fingerprint density at radius 2 is 1.70 bits per heavy atom. The van der Waals surface area contributed by atoms with Crippen molar-refractivity contribution < 1.29 is 23.4 Å². The number of anilines is 2. The standard InChI is InChI=1S/C25H20FN3O4/c1-2-31-23-13-21(15-3-5-16(26)6-4-15)29-20-9-7-17(11-19(20)23)27-25(30)28-18-8-10-22-24(12-18)33-14-32-22/h3-13H,2,14H2,1H3,(H2,27,28,30). The molecule has 33 heavy (non-hydrogen) atoms. The third-order valence-corrected chi connectivity index (χ3v) is 5.10. The molecule has 2 N–H and O–H groups in total. The number of carbonyl (C=O) groups is 1. The minimum atomic E-state index is -0.401. The Balaban J connectivity index is 1.40. The van der Waals surface area contributed by atoms with Crippen molar-refractivity contribution in [1.29, 1.82) is 0 Å². The van der Waals surface area contributed by atoms with Crippen LogP contribution in [-0.2, 0) is 0 Å². The summed E-state index contributed by atoms with van der Waals surface area (Å²) >= 11 is 0. The number of nitrogens with zero attached hydrogens (tertiary/aromatic N) is 1. The number of pyridine rings is 1. The maximum atomic E-state index is 13.3. The number of benzene rings is 3. The zero-order valence-corrected chi connectivity index (χ0v) is 17.7. The van der Waals surface area contributed by atoms with Crippen molar-refractivity contribution in [2.45, 2.75) is 6.92 Å². The van der Waals surface area contributed by atoms with Gasteiger partial charge in [-0.1, -0.05) is 0 Å². The highest BCUT2D eigenvalue weighted by Gasteiger charge is 2.15. The fraction of sp³-hybridized carbons (Fsp3) is 0.120. The quantitative estimate of drug-likeness (QED) is 0.405. The third-order valence-electron chi connectivity index (χ3n) is 5.10. The van der Waals surface area contributed by atoms with E-state index in [1.54, 1.807) is 48.5 Å². The van der Waals surface area contributed by atoms with Crippen LogP contribution in [0.15, 0.2) is 66.7 Å². The number of rotatable bonds is 5. The van der Waals surface area contributed by atoms with E-state index in [1.807, 2.05) is 13.0 Å². The highest BCUT2D eigenvalue weighted by Crippen LogP contribution is 2.35. The number of amides is 2. The number of nitrogens with one attached hydrogen (secondary N) is 2. The Kier molecular flexibility index (Phi) is 5.40. The van der Waals surface area contributed by atoms with E-state index in [1.165, 1.54) is 12.1 Å². The lowest BCUT2D eigenvalue weighted by molar-refractivity contribution is 0.174. The summed E-state index contributed by atoms with van der Waals surface area (Å²) in [4.78, 5) is 17.2. The summed E-state index contributed by atoms with van der Waals surface area (Å²) in [7, 11) is 0. The molecule has 0 spiro atoms. The monoisotopic (exact) mass is 445 g/mol. The molecule has 0 radical (unpaired) electrons. The van der Waals surface area contributed by atoms with Crippen LogP contribution in [-0.4, -0.2) is 24.4 Å². The van der Waals surface area contributed by atoms with Gasteiger partial charge >= 0.3 is 6.03 Å². The number of aromatic nitrogens is 1. The van der Waals surface area contributed by atoms with Gasteiger partial charge in [0.25, 0.3) is 0 Å². The van der Waals surface area contributed by atoms with E-state index < -0.39 is 6.03 Å². The molecule has 0 fully saturated rings. The Bertz CT molecular complexity index is 1340. The van der Waals surface area contributed by atoms with Gasteiger partial charge in [-0.05, 0) is 61.5 Å². The van der Waals surface area contributed by atoms with Crippen LogP contribution in [0.1, 0.15) is 6.92 Å². The van der Waals surface area contributed by atoms with E-state index in [0.29, 0.717) is 46.4 Å². The minimum Gasteiger partial charge on any atom is -0.493 e. The molecule has 3 aromatic carbocycles. The zero-order chi connectivity index (χ0) is 22.8. The number of hydrogen-bond donors (Lipinski definition) is 2. The molecule has 2 amide bonds. The number of hydrogen-bond acceptors (Lipinski definition) is 5. The van der Waals surface area contributed by atoms with Gasteiger partial charge in [0.15, 0.2) is 11.5 Å². The van der Waals surface area contributed by atoms with E-state index in [0.717, 1.165) is 10.9 Å². The van der Waals surface area contributed by atoms with Crippen LogP contribution in [0.4, 0.5) is 20.6 Å². The van der Waals surface area contributed by atoms with Crippen molar-refractivity contribution in [3.8, 4) is 28.5 Å². The maximum Gasteiger partial charge on any atom is 0.323 e. The number of fused-ring (bicyclic) bond motifs is 2. The summed E-state index contributed by atoms with van der Waals surface area (Å²) in [6.07, 6.45) is 0. The number of urea groups is 1. The van der Waals surface area contributed by atoms with Crippen LogP contribution in [0.25, 0.3) is 22.2 Å². The van der Waals surface area contributed by atoms with Crippen molar-refractivity contribution in [3.63, 3.8) is 0 Å². The molecular weight excluding hydrogens is 425 g/mol. The lowest BCUT2D eigenvalue weighted by Gasteiger charge is -2.13. The average Bonchev–Trinajstić information content (AvgIpc) is 3.28. The molecule has 166 valence electrons. The molecule has 0 bridgehead atoms. The summed E-state index contributed by atoms with van der Waals surface area (Å²) in [6.45, 7) is 2.52. The molecule has 1 aromatic heterocycles.